The number of guanidine groups is 2. The first kappa shape index (κ1) is 34.7. The second kappa shape index (κ2) is 19.8. The maximum atomic E-state index is 13.3. The highest BCUT2D eigenvalue weighted by Crippen LogP contribution is 2.10. The van der Waals surface area contributed by atoms with Crippen molar-refractivity contribution in [2.75, 3.05) is 26.2 Å². The maximum absolute atomic E-state index is 13.3. The summed E-state index contributed by atoms with van der Waals surface area (Å²) in [4.78, 5) is 58.2. The molecule has 0 aromatic rings. The van der Waals surface area contributed by atoms with E-state index in [2.05, 4.69) is 34.5 Å². The molecule has 0 bridgehead atoms. The third-order valence-corrected chi connectivity index (χ3v) is 5.40. The number of carbonyl (C=O) groups is 4. The number of aliphatic carboxylic acids is 1. The highest BCUT2D eigenvalue weighted by Gasteiger charge is 2.30. The molecule has 0 saturated heterocycles. The summed E-state index contributed by atoms with van der Waals surface area (Å²) in [6.45, 7) is 6.85. The zero-order valence-electron chi connectivity index (χ0n) is 22.9. The summed E-state index contributed by atoms with van der Waals surface area (Å²) in [5.41, 5.74) is 22.8. The van der Waals surface area contributed by atoms with E-state index in [-0.39, 0.29) is 37.5 Å². The molecule has 3 amide bonds. The minimum absolute atomic E-state index is 0.00684. The normalized spacial score (nSPS) is 13.0. The van der Waals surface area contributed by atoms with Gasteiger partial charge in [0.2, 0.25) is 17.8 Å². The highest BCUT2D eigenvalue weighted by molar-refractivity contribution is 6.04. The molecule has 0 saturated carbocycles. The van der Waals surface area contributed by atoms with Crippen molar-refractivity contribution >= 4 is 35.6 Å². The molecule has 14 heteroatoms. The first-order chi connectivity index (χ1) is 17.9. The Morgan fingerprint density at radius 1 is 1.03 bits per heavy atom. The van der Waals surface area contributed by atoms with Gasteiger partial charge in [-0.05, 0) is 44.6 Å². The van der Waals surface area contributed by atoms with Gasteiger partial charge in [0.25, 0.3) is 5.91 Å². The van der Waals surface area contributed by atoms with Gasteiger partial charge in [0.15, 0.2) is 5.96 Å². The average molecular weight is 542 g/mol. The van der Waals surface area contributed by atoms with Crippen molar-refractivity contribution in [3.63, 3.8) is 0 Å². The lowest BCUT2D eigenvalue weighted by Crippen LogP contribution is -2.54. The van der Waals surface area contributed by atoms with Crippen LogP contribution in [-0.4, -0.2) is 83.9 Å². The number of carbonyl (C=O) groups excluding carboxylic acids is 3. The molecule has 2 atom stereocenters. The third-order valence-electron chi connectivity index (χ3n) is 5.40. The summed E-state index contributed by atoms with van der Waals surface area (Å²) in [7, 11) is 0. The Kier molecular flexibility index (Phi) is 18.1. The van der Waals surface area contributed by atoms with Crippen LogP contribution in [0, 0.1) is 5.92 Å². The molecule has 0 aromatic heterocycles. The van der Waals surface area contributed by atoms with E-state index in [1.54, 1.807) is 6.92 Å². The molecule has 14 nitrogen and oxygen atoms in total. The molecule has 0 heterocycles. The monoisotopic (exact) mass is 541 g/mol. The van der Waals surface area contributed by atoms with Crippen molar-refractivity contribution in [3.8, 4) is 0 Å². The first-order valence-electron chi connectivity index (χ1n) is 13.1. The Morgan fingerprint density at radius 3 is 2.29 bits per heavy atom. The summed E-state index contributed by atoms with van der Waals surface area (Å²) in [5, 5.41) is 14.6. The molecule has 0 aromatic carbocycles. The molecule has 0 rings (SSSR count). The quantitative estimate of drug-likeness (QED) is 0.0610. The number of hydrogen-bond donors (Lipinski definition) is 7. The Hall–Kier alpha value is -3.26. The number of amides is 3. The fourth-order valence-electron chi connectivity index (χ4n) is 3.64. The zero-order chi connectivity index (χ0) is 29.1. The van der Waals surface area contributed by atoms with Crippen molar-refractivity contribution in [1.82, 2.24) is 15.5 Å². The zero-order valence-corrected chi connectivity index (χ0v) is 22.9. The van der Waals surface area contributed by atoms with Crippen LogP contribution in [0.1, 0.15) is 72.1 Å². The van der Waals surface area contributed by atoms with Gasteiger partial charge in [-0.15, -0.1) is 0 Å². The second-order valence-electron chi connectivity index (χ2n) is 9.50. The van der Waals surface area contributed by atoms with Gasteiger partial charge in [0, 0.05) is 25.6 Å². The number of nitrogens with two attached hydrogens (primary N) is 4. The van der Waals surface area contributed by atoms with Gasteiger partial charge in [-0.3, -0.25) is 29.1 Å². The number of likely N-dealkylation sites (N-methyl/N-ethyl adjacent to an activating group) is 1. The molecule has 0 spiro atoms. The predicted molar refractivity (Wildman–Crippen MR) is 147 cm³/mol. The number of aliphatic imine (C=N–C) groups is 2. The second-order valence-corrected chi connectivity index (χ2v) is 9.50. The van der Waals surface area contributed by atoms with E-state index in [9.17, 15) is 24.3 Å². The van der Waals surface area contributed by atoms with Crippen LogP contribution < -0.4 is 33.6 Å². The molecule has 11 N–H and O–H groups in total. The number of unbranched alkanes of at least 4 members (excludes halogenated alkanes) is 2. The van der Waals surface area contributed by atoms with E-state index in [0.717, 1.165) is 11.3 Å². The van der Waals surface area contributed by atoms with Gasteiger partial charge in [-0.1, -0.05) is 27.2 Å². The van der Waals surface area contributed by atoms with Crippen LogP contribution in [-0.2, 0) is 19.2 Å². The van der Waals surface area contributed by atoms with Gasteiger partial charge >= 0.3 is 5.97 Å². The predicted octanol–water partition coefficient (Wildman–Crippen LogP) is -0.787. The molecule has 0 aliphatic rings. The third kappa shape index (κ3) is 17.2. The standard InChI is InChI=1S/C24H47N9O5/c1-4-29-15-20(35)31-18(14-21(36)37)22(38)33(12-8-9-17(25)13-16(2)3)24(28)32-19(34)10-6-5-7-11-30-23(26)27/h16-18,29H,4-15,25H2,1-3H3,(H,31,35)(H,36,37)(H4,26,27,30)(H2,28,32,34)/t17-,18+/m1/s1. The fourth-order valence-corrected chi connectivity index (χ4v) is 3.64. The Balaban J connectivity index is 5.51. The summed E-state index contributed by atoms with van der Waals surface area (Å²) < 4.78 is 0. The average Bonchev–Trinajstić information content (AvgIpc) is 2.80. The molecule has 38 heavy (non-hydrogen) atoms. The smallest absolute Gasteiger partial charge is 0.305 e. The minimum atomic E-state index is -1.39. The lowest BCUT2D eigenvalue weighted by Gasteiger charge is -2.27. The largest absolute Gasteiger partial charge is 0.481 e. The summed E-state index contributed by atoms with van der Waals surface area (Å²) in [6.07, 6.45) is 3.16. The Morgan fingerprint density at radius 2 is 1.71 bits per heavy atom. The van der Waals surface area contributed by atoms with Crippen molar-refractivity contribution in [3.05, 3.63) is 0 Å². The van der Waals surface area contributed by atoms with Crippen molar-refractivity contribution in [2.24, 2.45) is 38.8 Å². The molecular formula is C24H47N9O5. The van der Waals surface area contributed by atoms with E-state index in [1.807, 2.05) is 0 Å². The van der Waals surface area contributed by atoms with E-state index in [0.29, 0.717) is 51.1 Å². The summed E-state index contributed by atoms with van der Waals surface area (Å²) in [6, 6.07) is -1.48. The van der Waals surface area contributed by atoms with Crippen LogP contribution in [0.15, 0.2) is 9.98 Å². The van der Waals surface area contributed by atoms with Gasteiger partial charge in [0.05, 0.1) is 13.0 Å². The fraction of sp³-hybridized carbons (Fsp3) is 0.750. The van der Waals surface area contributed by atoms with Crippen molar-refractivity contribution < 1.29 is 24.3 Å². The van der Waals surface area contributed by atoms with Gasteiger partial charge in [-0.2, -0.15) is 4.99 Å². The van der Waals surface area contributed by atoms with Crippen LogP contribution >= 0.6 is 0 Å². The van der Waals surface area contributed by atoms with Crippen LogP contribution in [0.3, 0.4) is 0 Å². The number of nitrogens with zero attached hydrogens (tertiary/aromatic N) is 3. The van der Waals surface area contributed by atoms with E-state index >= 15 is 0 Å². The topological polar surface area (TPSA) is 245 Å². The van der Waals surface area contributed by atoms with Crippen molar-refractivity contribution in [1.29, 1.82) is 0 Å². The minimum Gasteiger partial charge on any atom is -0.481 e. The number of nitrogens with one attached hydrogen (secondary N) is 2. The molecular weight excluding hydrogens is 494 g/mol. The van der Waals surface area contributed by atoms with Gasteiger partial charge in [0.1, 0.15) is 6.04 Å². The number of carboxylic acids is 1. The lowest BCUT2D eigenvalue weighted by atomic mass is 10.0. The molecule has 0 aliphatic carbocycles. The number of carboxylic acid groups (broad SMARTS) is 1. The van der Waals surface area contributed by atoms with Crippen molar-refractivity contribution in [2.45, 2.75) is 84.2 Å². The summed E-state index contributed by atoms with van der Waals surface area (Å²) in [5.74, 6) is -3.05. The van der Waals surface area contributed by atoms with Crippen LogP contribution in [0.25, 0.3) is 0 Å². The maximum Gasteiger partial charge on any atom is 0.305 e. The number of rotatable bonds is 19. The molecule has 0 unspecified atom stereocenters. The first-order valence-corrected chi connectivity index (χ1v) is 13.1. The molecule has 0 fully saturated rings. The van der Waals surface area contributed by atoms with Gasteiger partial charge < -0.3 is 38.7 Å². The van der Waals surface area contributed by atoms with Gasteiger partial charge in [-0.25, -0.2) is 0 Å². The van der Waals surface area contributed by atoms with E-state index < -0.39 is 36.2 Å². The van der Waals surface area contributed by atoms with Crippen LogP contribution in [0.2, 0.25) is 0 Å². The number of hydrogen-bond acceptors (Lipinski definition) is 7. The Bertz CT molecular complexity index is 813. The van der Waals surface area contributed by atoms with E-state index in [4.69, 9.17) is 22.9 Å². The SMILES string of the molecule is CCNCC(=O)N[C@@H](CC(=O)O)C(=O)N(CCC[C@@H](N)CC(C)C)C(N)=NC(=O)CCCCCN=C(N)N. The molecule has 0 aliphatic heterocycles. The molecule has 0 radical (unpaired) electrons. The highest BCUT2D eigenvalue weighted by atomic mass is 16.4. The van der Waals surface area contributed by atoms with E-state index in [1.165, 1.54) is 0 Å². The van der Waals surface area contributed by atoms with Crippen LogP contribution in [0.5, 0.6) is 0 Å². The summed E-state index contributed by atoms with van der Waals surface area (Å²) >= 11 is 0. The Labute approximate surface area is 225 Å². The van der Waals surface area contributed by atoms with Crippen LogP contribution in [0.4, 0.5) is 0 Å². The lowest BCUT2D eigenvalue weighted by molar-refractivity contribution is -0.142. The molecule has 218 valence electrons.